The van der Waals surface area contributed by atoms with Crippen LogP contribution < -0.4 is 16.0 Å². The molecule has 3 N–H and O–H groups in total. The van der Waals surface area contributed by atoms with Gasteiger partial charge in [-0.1, -0.05) is 30.3 Å². The number of aromatic nitrogens is 2. The Morgan fingerprint density at radius 1 is 1.12 bits per heavy atom. The van der Waals surface area contributed by atoms with Gasteiger partial charge in [0.15, 0.2) is 0 Å². The lowest BCUT2D eigenvalue weighted by atomic mass is 9.94. The first-order valence-corrected chi connectivity index (χ1v) is 11.7. The molecule has 0 aliphatic carbocycles. The highest BCUT2D eigenvalue weighted by atomic mass is 16.5. The molecule has 1 unspecified atom stereocenters. The van der Waals surface area contributed by atoms with Gasteiger partial charge < -0.3 is 20.7 Å². The fourth-order valence-corrected chi connectivity index (χ4v) is 4.23. The minimum Gasteiger partial charge on any atom is -0.378 e. The number of hydrogen-bond acceptors (Lipinski definition) is 8. The van der Waals surface area contributed by atoms with Crippen molar-refractivity contribution in [3.05, 3.63) is 53.9 Å². The zero-order valence-corrected chi connectivity index (χ0v) is 19.2. The van der Waals surface area contributed by atoms with Crippen LogP contribution in [0.2, 0.25) is 0 Å². The molecule has 3 heterocycles. The molecule has 0 radical (unpaired) electrons. The van der Waals surface area contributed by atoms with E-state index in [1.54, 1.807) is 17.3 Å². The van der Waals surface area contributed by atoms with Gasteiger partial charge in [-0.05, 0) is 24.5 Å². The Morgan fingerprint density at radius 3 is 2.68 bits per heavy atom. The van der Waals surface area contributed by atoms with Gasteiger partial charge in [-0.3, -0.25) is 9.59 Å². The molecule has 1 atom stereocenters. The number of nitrogens with two attached hydrogens (primary N) is 1. The van der Waals surface area contributed by atoms with Gasteiger partial charge in [0.05, 0.1) is 19.3 Å². The Hall–Kier alpha value is -3.37. The molecule has 1 aromatic heterocycles. The topological polar surface area (TPSA) is 126 Å². The zero-order chi connectivity index (χ0) is 23.8. The number of carbonyl (C=O) groups is 2. The van der Waals surface area contributed by atoms with Crippen LogP contribution >= 0.6 is 0 Å². The third-order valence-corrected chi connectivity index (χ3v) is 6.04. The molecule has 1 aromatic carbocycles. The number of anilines is 1. The Bertz CT molecular complexity index is 993. The molecular formula is C24H31N7O3. The molecule has 34 heavy (non-hydrogen) atoms. The van der Waals surface area contributed by atoms with E-state index >= 15 is 0 Å². The van der Waals surface area contributed by atoms with Gasteiger partial charge in [0.1, 0.15) is 5.69 Å². The Kier molecular flexibility index (Phi) is 8.16. The summed E-state index contributed by atoms with van der Waals surface area (Å²) in [6, 6.07) is 11.6. The van der Waals surface area contributed by atoms with Crippen LogP contribution in [0.3, 0.4) is 0 Å². The summed E-state index contributed by atoms with van der Waals surface area (Å²) in [5, 5.41) is 8.81. The second kappa shape index (κ2) is 11.7. The molecule has 0 saturated carbocycles. The minimum atomic E-state index is -0.274. The molecule has 2 aromatic rings. The summed E-state index contributed by atoms with van der Waals surface area (Å²) in [6.07, 6.45) is 5.51. The third-order valence-electron chi connectivity index (χ3n) is 6.04. The maximum absolute atomic E-state index is 13.2. The number of nitrogens with zero attached hydrogens (tertiary/aromatic N) is 5. The molecule has 0 spiro atoms. The van der Waals surface area contributed by atoms with Crippen molar-refractivity contribution < 1.29 is 14.3 Å². The minimum absolute atomic E-state index is 0.0361. The normalized spacial score (nSPS) is 18.3. The molecule has 2 aliphatic rings. The number of hydrazone groups is 1. The molecule has 180 valence electrons. The first-order valence-electron chi connectivity index (χ1n) is 11.7. The molecule has 4 rings (SSSR count). The average Bonchev–Trinajstić information content (AvgIpc) is 3.39. The van der Waals surface area contributed by atoms with Crippen molar-refractivity contribution in [3.8, 4) is 0 Å². The van der Waals surface area contributed by atoms with E-state index in [0.717, 1.165) is 12.0 Å². The van der Waals surface area contributed by atoms with E-state index in [1.165, 1.54) is 0 Å². The predicted octanol–water partition coefficient (Wildman–Crippen LogP) is 1.36. The number of ether oxygens (including phenoxy) is 1. The van der Waals surface area contributed by atoms with E-state index in [-0.39, 0.29) is 23.8 Å². The fraction of sp³-hybridized carbons (Fsp3) is 0.458. The number of hydrogen-bond donors (Lipinski definition) is 2. The van der Waals surface area contributed by atoms with Crippen molar-refractivity contribution in [2.45, 2.75) is 25.3 Å². The van der Waals surface area contributed by atoms with Crippen LogP contribution in [0, 0.1) is 5.92 Å². The number of amides is 2. The van der Waals surface area contributed by atoms with E-state index in [0.29, 0.717) is 63.9 Å². The number of piperidine rings is 1. The van der Waals surface area contributed by atoms with E-state index in [9.17, 15) is 9.59 Å². The number of rotatable bonds is 9. The van der Waals surface area contributed by atoms with Crippen LogP contribution in [0.5, 0.6) is 0 Å². The standard InChI is InChI=1S/C24H31N7O3/c25-10-16-34-17-13-26-22(32)20-6-11-27-24(29-20)30-14-8-19(9-15-30)23(33)31-21(7-12-28-31)18-4-2-1-3-5-18/h1-6,11-12,19,21H,7-10,13-17,25H2,(H,26,32). The van der Waals surface area contributed by atoms with Gasteiger partial charge in [-0.25, -0.2) is 15.0 Å². The summed E-state index contributed by atoms with van der Waals surface area (Å²) in [5.41, 5.74) is 6.78. The largest absolute Gasteiger partial charge is 0.378 e. The van der Waals surface area contributed by atoms with Crippen LogP contribution in [0.15, 0.2) is 47.7 Å². The summed E-state index contributed by atoms with van der Waals surface area (Å²) in [6.45, 7) is 2.97. The van der Waals surface area contributed by atoms with Gasteiger partial charge in [-0.15, -0.1) is 0 Å². The summed E-state index contributed by atoms with van der Waals surface area (Å²) < 4.78 is 5.27. The predicted molar refractivity (Wildman–Crippen MR) is 128 cm³/mol. The third kappa shape index (κ3) is 5.75. The molecule has 10 nitrogen and oxygen atoms in total. The Morgan fingerprint density at radius 2 is 1.91 bits per heavy atom. The Balaban J connectivity index is 1.30. The maximum Gasteiger partial charge on any atom is 0.270 e. The van der Waals surface area contributed by atoms with Crippen molar-refractivity contribution in [2.24, 2.45) is 16.8 Å². The van der Waals surface area contributed by atoms with Crippen LogP contribution in [-0.2, 0) is 9.53 Å². The molecular weight excluding hydrogens is 434 g/mol. The van der Waals surface area contributed by atoms with Crippen LogP contribution in [0.4, 0.5) is 5.95 Å². The fourth-order valence-electron chi connectivity index (χ4n) is 4.23. The highest BCUT2D eigenvalue weighted by Gasteiger charge is 2.35. The van der Waals surface area contributed by atoms with Crippen molar-refractivity contribution >= 4 is 24.0 Å². The van der Waals surface area contributed by atoms with Crippen molar-refractivity contribution in [2.75, 3.05) is 44.3 Å². The smallest absolute Gasteiger partial charge is 0.270 e. The average molecular weight is 466 g/mol. The first kappa shape index (κ1) is 23.8. The van der Waals surface area contributed by atoms with Gasteiger partial charge in [-0.2, -0.15) is 5.10 Å². The van der Waals surface area contributed by atoms with E-state index < -0.39 is 0 Å². The van der Waals surface area contributed by atoms with Gasteiger partial charge in [0, 0.05) is 50.9 Å². The van der Waals surface area contributed by atoms with Crippen molar-refractivity contribution in [3.63, 3.8) is 0 Å². The zero-order valence-electron chi connectivity index (χ0n) is 19.2. The lowest BCUT2D eigenvalue weighted by Gasteiger charge is -2.33. The molecule has 2 amide bonds. The summed E-state index contributed by atoms with van der Waals surface area (Å²) in [5.74, 6) is 0.189. The lowest BCUT2D eigenvalue weighted by Crippen LogP contribution is -2.41. The number of nitrogens with one attached hydrogen (secondary N) is 1. The summed E-state index contributed by atoms with van der Waals surface area (Å²) in [7, 11) is 0. The lowest BCUT2D eigenvalue weighted by molar-refractivity contribution is -0.138. The highest BCUT2D eigenvalue weighted by molar-refractivity contribution is 5.92. The summed E-state index contributed by atoms with van der Waals surface area (Å²) >= 11 is 0. The summed E-state index contributed by atoms with van der Waals surface area (Å²) in [4.78, 5) is 36.4. The van der Waals surface area contributed by atoms with Gasteiger partial charge >= 0.3 is 0 Å². The SMILES string of the molecule is NCCOCCNC(=O)c1ccnc(N2CCC(C(=O)N3N=CCC3c3ccccc3)CC2)n1. The van der Waals surface area contributed by atoms with Gasteiger partial charge in [0.2, 0.25) is 11.9 Å². The maximum atomic E-state index is 13.2. The van der Waals surface area contributed by atoms with E-state index in [2.05, 4.69) is 20.4 Å². The highest BCUT2D eigenvalue weighted by Crippen LogP contribution is 2.32. The quantitative estimate of drug-likeness (QED) is 0.536. The Labute approximate surface area is 199 Å². The number of carbonyl (C=O) groups excluding carboxylic acids is 2. The van der Waals surface area contributed by atoms with E-state index in [4.69, 9.17) is 10.5 Å². The van der Waals surface area contributed by atoms with Gasteiger partial charge in [0.25, 0.3) is 5.91 Å². The second-order valence-electron chi connectivity index (χ2n) is 8.30. The second-order valence-corrected chi connectivity index (χ2v) is 8.30. The molecule has 1 fully saturated rings. The monoisotopic (exact) mass is 465 g/mol. The first-order chi connectivity index (χ1) is 16.7. The van der Waals surface area contributed by atoms with Crippen molar-refractivity contribution in [1.29, 1.82) is 0 Å². The molecule has 1 saturated heterocycles. The van der Waals surface area contributed by atoms with Crippen LogP contribution in [0.25, 0.3) is 0 Å². The van der Waals surface area contributed by atoms with Crippen molar-refractivity contribution in [1.82, 2.24) is 20.3 Å². The van der Waals surface area contributed by atoms with E-state index in [1.807, 2.05) is 41.4 Å². The van der Waals surface area contributed by atoms with Crippen LogP contribution in [0.1, 0.15) is 41.4 Å². The van der Waals surface area contributed by atoms with Crippen LogP contribution in [-0.4, -0.2) is 72.4 Å². The molecule has 10 heteroatoms. The number of benzene rings is 1. The molecule has 2 aliphatic heterocycles. The molecule has 0 bridgehead atoms.